The van der Waals surface area contributed by atoms with Crippen LogP contribution in [0.15, 0.2) is 10.9 Å². The van der Waals surface area contributed by atoms with E-state index in [-0.39, 0.29) is 16.8 Å². The van der Waals surface area contributed by atoms with Crippen LogP contribution in [0.3, 0.4) is 0 Å². The number of pyridine rings is 1. The van der Waals surface area contributed by atoms with Gasteiger partial charge in [-0.05, 0) is 30.9 Å². The Bertz CT molecular complexity index is 662. The van der Waals surface area contributed by atoms with Crippen molar-refractivity contribution >= 4 is 11.7 Å². The quantitative estimate of drug-likeness (QED) is 0.689. The second-order valence-electron chi connectivity index (χ2n) is 6.85. The zero-order chi connectivity index (χ0) is 17.0. The van der Waals surface area contributed by atoms with Gasteiger partial charge >= 0.3 is 0 Å². The molecule has 0 radical (unpaired) electrons. The summed E-state index contributed by atoms with van der Waals surface area (Å²) in [5.74, 6) is -0.462. The maximum absolute atomic E-state index is 12.3. The van der Waals surface area contributed by atoms with Crippen LogP contribution in [-0.2, 0) is 6.42 Å². The number of rotatable bonds is 6. The van der Waals surface area contributed by atoms with Gasteiger partial charge in [0.1, 0.15) is 5.56 Å². The van der Waals surface area contributed by atoms with Crippen LogP contribution in [0.2, 0.25) is 0 Å². The minimum absolute atomic E-state index is 0.00676. The van der Waals surface area contributed by atoms with E-state index in [0.717, 1.165) is 13.0 Å². The second-order valence-corrected chi connectivity index (χ2v) is 6.85. The second kappa shape index (κ2) is 7.08. The fourth-order valence-corrected chi connectivity index (χ4v) is 2.86. The number of carbonyl (C=O) groups excluding carboxylic acids is 2. The highest BCUT2D eigenvalue weighted by molar-refractivity contribution is 6.02. The Morgan fingerprint density at radius 3 is 2.65 bits per heavy atom. The molecular formula is C17H25N3O3. The normalized spacial score (nSPS) is 16.0. The predicted octanol–water partition coefficient (Wildman–Crippen LogP) is 1.26. The Hall–Kier alpha value is -1.95. The number of nitrogens with one attached hydrogen (secondary N) is 3. The van der Waals surface area contributed by atoms with Gasteiger partial charge in [-0.1, -0.05) is 20.8 Å². The molecule has 0 fully saturated rings. The Morgan fingerprint density at radius 2 is 1.96 bits per heavy atom. The van der Waals surface area contributed by atoms with Crippen LogP contribution in [-0.4, -0.2) is 36.3 Å². The highest BCUT2D eigenvalue weighted by Crippen LogP contribution is 2.33. The number of fused-ring (bicyclic) bond motifs is 1. The minimum Gasteiger partial charge on any atom is -0.351 e. The summed E-state index contributed by atoms with van der Waals surface area (Å²) in [5.41, 5.74) is 0.512. The Balaban J connectivity index is 2.12. The molecule has 0 aromatic carbocycles. The van der Waals surface area contributed by atoms with Gasteiger partial charge in [0.05, 0.1) is 0 Å². The van der Waals surface area contributed by atoms with Gasteiger partial charge in [0.25, 0.3) is 11.5 Å². The molecule has 0 saturated carbocycles. The molecule has 2 rings (SSSR count). The molecule has 6 nitrogen and oxygen atoms in total. The Kier molecular flexibility index (Phi) is 5.36. The van der Waals surface area contributed by atoms with Gasteiger partial charge in [-0.25, -0.2) is 0 Å². The van der Waals surface area contributed by atoms with Gasteiger partial charge in [-0.3, -0.25) is 14.4 Å². The molecule has 1 aliphatic rings. The molecule has 1 aromatic heterocycles. The Labute approximate surface area is 136 Å². The number of aromatic nitrogens is 1. The molecule has 0 bridgehead atoms. The molecule has 1 amide bonds. The van der Waals surface area contributed by atoms with Crippen LogP contribution in [0, 0.1) is 5.41 Å². The van der Waals surface area contributed by atoms with Crippen molar-refractivity contribution in [2.75, 3.05) is 19.6 Å². The third-order valence-electron chi connectivity index (χ3n) is 3.98. The van der Waals surface area contributed by atoms with Crippen molar-refractivity contribution in [3.8, 4) is 0 Å². The number of H-pyrrole nitrogens is 1. The first-order chi connectivity index (χ1) is 10.8. The summed E-state index contributed by atoms with van der Waals surface area (Å²) in [5, 5.41) is 5.87. The smallest absolute Gasteiger partial charge is 0.261 e. The Morgan fingerprint density at radius 1 is 1.22 bits per heavy atom. The highest BCUT2D eigenvalue weighted by Gasteiger charge is 2.32. The van der Waals surface area contributed by atoms with Crippen LogP contribution >= 0.6 is 0 Å². The number of Topliss-reactive ketones (excluding diaryl/α,β-unsaturated/α-hetero) is 1. The van der Waals surface area contributed by atoms with Gasteiger partial charge < -0.3 is 15.6 Å². The van der Waals surface area contributed by atoms with E-state index in [2.05, 4.69) is 22.5 Å². The number of aromatic amines is 1. The van der Waals surface area contributed by atoms with Gasteiger partial charge in [-0.15, -0.1) is 0 Å². The number of ketones is 1. The lowest BCUT2D eigenvalue weighted by Gasteiger charge is -2.29. The largest absolute Gasteiger partial charge is 0.351 e. The van der Waals surface area contributed by atoms with E-state index in [1.807, 2.05) is 13.8 Å². The summed E-state index contributed by atoms with van der Waals surface area (Å²) >= 11 is 0. The first-order valence-corrected chi connectivity index (χ1v) is 8.12. The fourth-order valence-electron chi connectivity index (χ4n) is 2.86. The molecule has 23 heavy (non-hydrogen) atoms. The minimum atomic E-state index is -0.440. The maximum Gasteiger partial charge on any atom is 0.261 e. The lowest BCUT2D eigenvalue weighted by molar-refractivity contribution is 0.0910. The molecule has 1 aliphatic carbocycles. The van der Waals surface area contributed by atoms with Crippen LogP contribution in [0.1, 0.15) is 60.0 Å². The van der Waals surface area contributed by atoms with Crippen LogP contribution < -0.4 is 16.2 Å². The molecule has 0 aliphatic heterocycles. The number of carbonyl (C=O) groups is 2. The summed E-state index contributed by atoms with van der Waals surface area (Å²) in [6.07, 6.45) is 2.08. The van der Waals surface area contributed by atoms with E-state index < -0.39 is 11.5 Å². The number of amides is 1. The molecule has 126 valence electrons. The molecule has 1 aromatic rings. The summed E-state index contributed by atoms with van der Waals surface area (Å²) in [6, 6.07) is 1.44. The first kappa shape index (κ1) is 17.4. The molecule has 0 atom stereocenters. The van der Waals surface area contributed by atoms with Crippen molar-refractivity contribution in [3.05, 3.63) is 33.2 Å². The zero-order valence-corrected chi connectivity index (χ0v) is 14.0. The van der Waals surface area contributed by atoms with Gasteiger partial charge in [0, 0.05) is 30.8 Å². The molecule has 1 heterocycles. The third kappa shape index (κ3) is 4.28. The maximum atomic E-state index is 12.3. The first-order valence-electron chi connectivity index (χ1n) is 8.12. The van der Waals surface area contributed by atoms with E-state index in [4.69, 9.17) is 0 Å². The van der Waals surface area contributed by atoms with Gasteiger partial charge in [0.2, 0.25) is 0 Å². The van der Waals surface area contributed by atoms with E-state index in [0.29, 0.717) is 37.2 Å². The third-order valence-corrected chi connectivity index (χ3v) is 3.98. The lowest BCUT2D eigenvalue weighted by Crippen LogP contribution is -2.37. The SMILES string of the molecule is CCCNCCNC(=O)c1cc2c([nH]c1=O)CC(C)(C)CC2=O. The lowest BCUT2D eigenvalue weighted by atomic mass is 9.75. The summed E-state index contributed by atoms with van der Waals surface area (Å²) in [4.78, 5) is 39.3. The molecule has 0 unspecified atom stereocenters. The summed E-state index contributed by atoms with van der Waals surface area (Å²) < 4.78 is 0. The van der Waals surface area contributed by atoms with Crippen molar-refractivity contribution in [3.63, 3.8) is 0 Å². The van der Waals surface area contributed by atoms with Crippen LogP contribution in [0.25, 0.3) is 0 Å². The topological polar surface area (TPSA) is 91.1 Å². The summed E-state index contributed by atoms with van der Waals surface area (Å²) in [6.45, 7) is 8.04. The van der Waals surface area contributed by atoms with E-state index >= 15 is 0 Å². The van der Waals surface area contributed by atoms with E-state index in [1.54, 1.807) is 0 Å². The van der Waals surface area contributed by atoms with Gasteiger partial charge in [0.15, 0.2) is 5.78 Å². The average Bonchev–Trinajstić information content (AvgIpc) is 2.44. The molecule has 3 N–H and O–H groups in total. The van der Waals surface area contributed by atoms with Gasteiger partial charge in [-0.2, -0.15) is 0 Å². The fraction of sp³-hybridized carbons (Fsp3) is 0.588. The monoisotopic (exact) mass is 319 g/mol. The van der Waals surface area contributed by atoms with Crippen molar-refractivity contribution in [2.45, 2.75) is 40.0 Å². The molecular weight excluding hydrogens is 294 g/mol. The van der Waals surface area contributed by atoms with Crippen molar-refractivity contribution < 1.29 is 9.59 Å². The van der Waals surface area contributed by atoms with Crippen molar-refractivity contribution in [1.82, 2.24) is 15.6 Å². The zero-order valence-electron chi connectivity index (χ0n) is 14.0. The van der Waals surface area contributed by atoms with Crippen molar-refractivity contribution in [2.24, 2.45) is 5.41 Å². The average molecular weight is 319 g/mol. The number of hydrogen-bond donors (Lipinski definition) is 3. The predicted molar refractivity (Wildman–Crippen MR) is 89.0 cm³/mol. The summed E-state index contributed by atoms with van der Waals surface area (Å²) in [7, 11) is 0. The standard InChI is InChI=1S/C17H25N3O3/c1-4-5-18-6-7-19-15(22)12-8-11-13(20-16(12)23)9-17(2,3)10-14(11)21/h8,18H,4-7,9-10H2,1-3H3,(H,19,22)(H,20,23). The van der Waals surface area contributed by atoms with E-state index in [9.17, 15) is 14.4 Å². The highest BCUT2D eigenvalue weighted by atomic mass is 16.2. The molecule has 6 heteroatoms. The van der Waals surface area contributed by atoms with Crippen molar-refractivity contribution in [1.29, 1.82) is 0 Å². The molecule has 0 saturated heterocycles. The van der Waals surface area contributed by atoms with Crippen LogP contribution in [0.4, 0.5) is 0 Å². The van der Waals surface area contributed by atoms with E-state index in [1.165, 1.54) is 6.07 Å². The number of hydrogen-bond acceptors (Lipinski definition) is 4. The van der Waals surface area contributed by atoms with Crippen LogP contribution in [0.5, 0.6) is 0 Å². The molecule has 0 spiro atoms.